The minimum Gasteiger partial charge on any atom is -0.337 e. The van der Waals surface area contributed by atoms with E-state index in [-0.39, 0.29) is 5.91 Å². The van der Waals surface area contributed by atoms with Gasteiger partial charge >= 0.3 is 0 Å². The lowest BCUT2D eigenvalue weighted by molar-refractivity contribution is 0.0772. The predicted molar refractivity (Wildman–Crippen MR) is 84.7 cm³/mol. The summed E-state index contributed by atoms with van der Waals surface area (Å²) in [4.78, 5) is 14.3. The maximum Gasteiger partial charge on any atom is 0.253 e. The van der Waals surface area contributed by atoms with Crippen molar-refractivity contribution in [2.45, 2.75) is 13.3 Å². The lowest BCUT2D eigenvalue weighted by atomic mass is 10.1. The monoisotopic (exact) mass is 289 g/mol. The Morgan fingerprint density at radius 1 is 1.15 bits per heavy atom. The van der Waals surface area contributed by atoms with Crippen molar-refractivity contribution < 1.29 is 4.79 Å². The Balaban J connectivity index is 1.71. The molecule has 0 radical (unpaired) electrons. The second kappa shape index (κ2) is 5.87. The third-order valence-electron chi connectivity index (χ3n) is 3.69. The third-order valence-corrected chi connectivity index (χ3v) is 4.63. The van der Waals surface area contributed by atoms with Crippen molar-refractivity contribution in [3.05, 3.63) is 29.8 Å². The molecule has 1 saturated heterocycles. The summed E-state index contributed by atoms with van der Waals surface area (Å²) in [5.41, 5.74) is 3.00. The molecule has 20 heavy (non-hydrogen) atoms. The molecule has 0 unspecified atom stereocenters. The number of carbonyl (C=O) groups excluding carboxylic acids is 1. The van der Waals surface area contributed by atoms with Crippen LogP contribution in [-0.4, -0.2) is 47.7 Å². The van der Waals surface area contributed by atoms with Gasteiger partial charge in [-0.15, -0.1) is 0 Å². The number of benzene rings is 1. The van der Waals surface area contributed by atoms with Gasteiger partial charge in [-0.3, -0.25) is 9.80 Å². The van der Waals surface area contributed by atoms with E-state index in [9.17, 15) is 4.79 Å². The first-order valence-corrected chi connectivity index (χ1v) is 8.18. The number of amides is 1. The van der Waals surface area contributed by atoms with E-state index in [2.05, 4.69) is 5.10 Å². The Bertz CT molecular complexity index is 520. The minimum atomic E-state index is 0.151. The van der Waals surface area contributed by atoms with Crippen LogP contribution in [0.15, 0.2) is 29.4 Å². The van der Waals surface area contributed by atoms with Gasteiger partial charge in [-0.1, -0.05) is 0 Å². The molecule has 0 aliphatic carbocycles. The van der Waals surface area contributed by atoms with Crippen LogP contribution in [0.4, 0.5) is 5.69 Å². The second-order valence-corrected chi connectivity index (χ2v) is 6.38. The second-order valence-electron chi connectivity index (χ2n) is 5.16. The van der Waals surface area contributed by atoms with E-state index in [4.69, 9.17) is 0 Å². The van der Waals surface area contributed by atoms with Crippen LogP contribution in [0.25, 0.3) is 0 Å². The summed E-state index contributed by atoms with van der Waals surface area (Å²) in [6.45, 7) is 4.70. The molecule has 2 aliphatic rings. The molecule has 0 spiro atoms. The van der Waals surface area contributed by atoms with Gasteiger partial charge in [0.05, 0.1) is 5.69 Å². The van der Waals surface area contributed by atoms with Gasteiger partial charge in [-0.25, -0.2) is 0 Å². The highest BCUT2D eigenvalue weighted by molar-refractivity contribution is 7.99. The van der Waals surface area contributed by atoms with Crippen molar-refractivity contribution in [2.75, 3.05) is 36.1 Å². The standard InChI is InChI=1S/C15H19N3OS/c1-12-6-7-18(16-12)14-4-2-13(3-5-14)15(19)17-8-10-20-11-9-17/h2-5H,6-11H2,1H3. The summed E-state index contributed by atoms with van der Waals surface area (Å²) < 4.78 is 0. The lowest BCUT2D eigenvalue weighted by Crippen LogP contribution is -2.37. The van der Waals surface area contributed by atoms with Crippen LogP contribution < -0.4 is 5.01 Å². The summed E-state index contributed by atoms with van der Waals surface area (Å²) >= 11 is 1.92. The molecule has 1 fully saturated rings. The van der Waals surface area contributed by atoms with Crippen molar-refractivity contribution in [1.29, 1.82) is 0 Å². The van der Waals surface area contributed by atoms with E-state index in [1.807, 2.05) is 52.9 Å². The fourth-order valence-corrected chi connectivity index (χ4v) is 3.39. The summed E-state index contributed by atoms with van der Waals surface area (Å²) in [7, 11) is 0. The van der Waals surface area contributed by atoms with E-state index in [1.165, 1.54) is 0 Å². The number of thioether (sulfide) groups is 1. The van der Waals surface area contributed by atoms with Crippen molar-refractivity contribution in [3.8, 4) is 0 Å². The van der Waals surface area contributed by atoms with Crippen LogP contribution in [0.1, 0.15) is 23.7 Å². The van der Waals surface area contributed by atoms with E-state index >= 15 is 0 Å². The number of rotatable bonds is 2. The molecule has 1 aromatic carbocycles. The molecule has 2 aliphatic heterocycles. The first kappa shape index (κ1) is 13.5. The summed E-state index contributed by atoms with van der Waals surface area (Å²) in [6, 6.07) is 7.83. The van der Waals surface area contributed by atoms with Gasteiger partial charge in [-0.05, 0) is 31.2 Å². The van der Waals surface area contributed by atoms with Crippen LogP contribution in [0.5, 0.6) is 0 Å². The minimum absolute atomic E-state index is 0.151. The number of anilines is 1. The van der Waals surface area contributed by atoms with Crippen LogP contribution in [-0.2, 0) is 0 Å². The van der Waals surface area contributed by atoms with Gasteiger partial charge in [-0.2, -0.15) is 16.9 Å². The topological polar surface area (TPSA) is 35.9 Å². The molecule has 0 saturated carbocycles. The maximum atomic E-state index is 12.4. The van der Waals surface area contributed by atoms with Gasteiger partial charge in [0.2, 0.25) is 0 Å². The molecule has 3 rings (SSSR count). The fraction of sp³-hybridized carbons (Fsp3) is 0.467. The smallest absolute Gasteiger partial charge is 0.253 e. The zero-order valence-corrected chi connectivity index (χ0v) is 12.5. The molecule has 2 heterocycles. The van der Waals surface area contributed by atoms with E-state index in [1.54, 1.807) is 0 Å². The Hall–Kier alpha value is -1.49. The number of carbonyl (C=O) groups is 1. The fourth-order valence-electron chi connectivity index (χ4n) is 2.49. The Morgan fingerprint density at radius 2 is 1.85 bits per heavy atom. The number of hydrogen-bond donors (Lipinski definition) is 0. The SMILES string of the molecule is CC1=NN(c2ccc(C(=O)N3CCSCC3)cc2)CC1. The van der Waals surface area contributed by atoms with E-state index in [0.29, 0.717) is 0 Å². The third kappa shape index (κ3) is 2.82. The highest BCUT2D eigenvalue weighted by Crippen LogP contribution is 2.21. The van der Waals surface area contributed by atoms with Gasteiger partial charge in [0, 0.05) is 48.8 Å². The summed E-state index contributed by atoms with van der Waals surface area (Å²) in [5.74, 6) is 2.25. The number of hydrazone groups is 1. The lowest BCUT2D eigenvalue weighted by Gasteiger charge is -2.26. The van der Waals surface area contributed by atoms with Crippen molar-refractivity contribution >= 4 is 29.1 Å². The molecule has 0 aromatic heterocycles. The molecular formula is C15H19N3OS. The zero-order chi connectivity index (χ0) is 13.9. The van der Waals surface area contributed by atoms with Crippen molar-refractivity contribution in [2.24, 2.45) is 5.10 Å². The van der Waals surface area contributed by atoms with Crippen LogP contribution in [0.2, 0.25) is 0 Å². The van der Waals surface area contributed by atoms with Crippen LogP contribution in [0.3, 0.4) is 0 Å². The Morgan fingerprint density at radius 3 is 2.45 bits per heavy atom. The first-order chi connectivity index (χ1) is 9.74. The molecule has 106 valence electrons. The van der Waals surface area contributed by atoms with Gasteiger partial charge in [0.1, 0.15) is 0 Å². The van der Waals surface area contributed by atoms with Crippen LogP contribution >= 0.6 is 11.8 Å². The van der Waals surface area contributed by atoms with Crippen molar-refractivity contribution in [3.63, 3.8) is 0 Å². The normalized spacial score (nSPS) is 19.1. The molecule has 5 heteroatoms. The average Bonchev–Trinajstić information content (AvgIpc) is 2.94. The molecule has 0 bridgehead atoms. The zero-order valence-electron chi connectivity index (χ0n) is 11.7. The Kier molecular flexibility index (Phi) is 3.96. The molecule has 1 amide bonds. The van der Waals surface area contributed by atoms with Crippen LogP contribution in [0, 0.1) is 0 Å². The molecule has 4 nitrogen and oxygen atoms in total. The quantitative estimate of drug-likeness (QED) is 0.839. The van der Waals surface area contributed by atoms with Gasteiger partial charge in [0.25, 0.3) is 5.91 Å². The van der Waals surface area contributed by atoms with Gasteiger partial charge < -0.3 is 4.90 Å². The summed E-state index contributed by atoms with van der Waals surface area (Å²) in [5, 5.41) is 6.48. The highest BCUT2D eigenvalue weighted by Gasteiger charge is 2.19. The largest absolute Gasteiger partial charge is 0.337 e. The van der Waals surface area contributed by atoms with E-state index in [0.717, 1.165) is 54.5 Å². The van der Waals surface area contributed by atoms with Gasteiger partial charge in [0.15, 0.2) is 0 Å². The summed E-state index contributed by atoms with van der Waals surface area (Å²) in [6.07, 6.45) is 1.02. The predicted octanol–water partition coefficient (Wildman–Crippen LogP) is 2.46. The molecule has 1 aromatic rings. The number of nitrogens with zero attached hydrogens (tertiary/aromatic N) is 3. The van der Waals surface area contributed by atoms with E-state index < -0.39 is 0 Å². The maximum absolute atomic E-state index is 12.4. The number of hydrogen-bond acceptors (Lipinski definition) is 4. The molecule has 0 N–H and O–H groups in total. The highest BCUT2D eigenvalue weighted by atomic mass is 32.2. The molecule has 0 atom stereocenters. The molecular weight excluding hydrogens is 270 g/mol. The van der Waals surface area contributed by atoms with Crippen molar-refractivity contribution in [1.82, 2.24) is 4.90 Å². The Labute approximate surface area is 123 Å². The average molecular weight is 289 g/mol. The first-order valence-electron chi connectivity index (χ1n) is 7.03.